The SMILES string of the molecule is OC/C(F)=C/CCCCCCOC(c1ccccc1)(C(F)(F)F)C(F)(F)F. The molecule has 0 radical (unpaired) electrons. The standard InChI is InChI=1S/C18H21F7O2/c19-15(13-26)11-7-2-1-3-8-12-27-16(17(20,21)22,18(23,24)25)14-9-5-4-6-10-14/h4-6,9-11,26H,1-3,7-8,12-13H2/b15-11-. The maximum Gasteiger partial charge on any atom is 0.430 e. The number of hydrogen-bond donors (Lipinski definition) is 1. The number of hydrogen-bond acceptors (Lipinski definition) is 2. The summed E-state index contributed by atoms with van der Waals surface area (Å²) in [6.45, 7) is -1.43. The molecule has 0 fully saturated rings. The summed E-state index contributed by atoms with van der Waals surface area (Å²) in [4.78, 5) is 0. The van der Waals surface area contributed by atoms with Crippen LogP contribution in [0.25, 0.3) is 0 Å². The second-order valence-corrected chi connectivity index (χ2v) is 5.90. The van der Waals surface area contributed by atoms with E-state index in [1.165, 1.54) is 12.1 Å². The fraction of sp³-hybridized carbons (Fsp3) is 0.556. The quantitative estimate of drug-likeness (QED) is 0.395. The van der Waals surface area contributed by atoms with Gasteiger partial charge in [0.15, 0.2) is 0 Å². The summed E-state index contributed by atoms with van der Waals surface area (Å²) in [5.74, 6) is -0.679. The third-order valence-electron chi connectivity index (χ3n) is 3.91. The zero-order valence-corrected chi connectivity index (χ0v) is 14.4. The Labute approximate surface area is 152 Å². The minimum atomic E-state index is -5.68. The van der Waals surface area contributed by atoms with Crippen LogP contribution in [0.2, 0.25) is 0 Å². The van der Waals surface area contributed by atoms with Crippen LogP contribution in [0.1, 0.15) is 37.7 Å². The lowest BCUT2D eigenvalue weighted by atomic mass is 9.92. The topological polar surface area (TPSA) is 29.5 Å². The number of benzene rings is 1. The molecule has 0 aromatic heterocycles. The van der Waals surface area contributed by atoms with Crippen LogP contribution in [0.5, 0.6) is 0 Å². The summed E-state index contributed by atoms with van der Waals surface area (Å²) in [5, 5.41) is 8.47. The Morgan fingerprint density at radius 2 is 1.44 bits per heavy atom. The molecule has 1 aromatic carbocycles. The maximum absolute atomic E-state index is 13.4. The second-order valence-electron chi connectivity index (χ2n) is 5.90. The first-order valence-corrected chi connectivity index (χ1v) is 8.34. The molecule has 0 bridgehead atoms. The van der Waals surface area contributed by atoms with Crippen molar-refractivity contribution in [3.05, 3.63) is 47.8 Å². The van der Waals surface area contributed by atoms with Crippen LogP contribution in [0.3, 0.4) is 0 Å². The highest BCUT2D eigenvalue weighted by molar-refractivity contribution is 5.27. The molecule has 0 saturated heterocycles. The van der Waals surface area contributed by atoms with Crippen molar-refractivity contribution in [2.24, 2.45) is 0 Å². The number of aliphatic hydroxyl groups excluding tert-OH is 1. The van der Waals surface area contributed by atoms with Gasteiger partial charge >= 0.3 is 12.4 Å². The van der Waals surface area contributed by atoms with E-state index in [4.69, 9.17) is 5.11 Å². The van der Waals surface area contributed by atoms with Gasteiger partial charge in [0.2, 0.25) is 0 Å². The van der Waals surface area contributed by atoms with Crippen molar-refractivity contribution in [1.82, 2.24) is 0 Å². The highest BCUT2D eigenvalue weighted by Crippen LogP contribution is 2.52. The van der Waals surface area contributed by atoms with E-state index in [0.717, 1.165) is 24.3 Å². The van der Waals surface area contributed by atoms with E-state index >= 15 is 0 Å². The number of ether oxygens (including phenoxy) is 1. The number of rotatable bonds is 10. The van der Waals surface area contributed by atoms with Gasteiger partial charge in [-0.05, 0) is 19.3 Å². The normalized spacial score (nSPS) is 13.9. The molecule has 0 unspecified atom stereocenters. The Morgan fingerprint density at radius 1 is 0.889 bits per heavy atom. The van der Waals surface area contributed by atoms with E-state index in [1.54, 1.807) is 0 Å². The van der Waals surface area contributed by atoms with Gasteiger partial charge in [-0.15, -0.1) is 0 Å². The highest BCUT2D eigenvalue weighted by Gasteiger charge is 2.73. The van der Waals surface area contributed by atoms with Crippen molar-refractivity contribution in [1.29, 1.82) is 0 Å². The number of allylic oxidation sites excluding steroid dienone is 1. The number of aliphatic hydroxyl groups is 1. The molecule has 27 heavy (non-hydrogen) atoms. The summed E-state index contributed by atoms with van der Waals surface area (Å²) in [6, 6.07) is 4.97. The summed E-state index contributed by atoms with van der Waals surface area (Å²) in [5.41, 5.74) is -5.40. The highest BCUT2D eigenvalue weighted by atomic mass is 19.4. The van der Waals surface area contributed by atoms with E-state index in [2.05, 4.69) is 4.74 Å². The van der Waals surface area contributed by atoms with E-state index in [-0.39, 0.29) is 6.42 Å². The second kappa shape index (κ2) is 10.1. The van der Waals surface area contributed by atoms with Crippen molar-refractivity contribution < 1.29 is 40.6 Å². The first-order chi connectivity index (χ1) is 12.6. The van der Waals surface area contributed by atoms with Crippen LogP contribution in [-0.2, 0) is 10.3 Å². The van der Waals surface area contributed by atoms with Crippen molar-refractivity contribution in [2.75, 3.05) is 13.2 Å². The molecule has 1 N–H and O–H groups in total. The van der Waals surface area contributed by atoms with Gasteiger partial charge in [-0.2, -0.15) is 26.3 Å². The minimum absolute atomic E-state index is 0.00700. The molecule has 154 valence electrons. The van der Waals surface area contributed by atoms with Crippen LogP contribution in [0.15, 0.2) is 42.2 Å². The Bertz CT molecular complexity index is 566. The Kier molecular flexibility index (Phi) is 8.74. The van der Waals surface area contributed by atoms with E-state index < -0.39 is 42.6 Å². The average Bonchev–Trinajstić information content (AvgIpc) is 2.58. The minimum Gasteiger partial charge on any atom is -0.389 e. The number of unbranched alkanes of at least 4 members (excludes halogenated alkanes) is 4. The molecular formula is C18H21F7O2. The van der Waals surface area contributed by atoms with E-state index in [1.807, 2.05) is 0 Å². The summed E-state index contributed by atoms with van der Waals surface area (Å²) in [6.07, 6.45) is -8.55. The van der Waals surface area contributed by atoms with Crippen LogP contribution in [0.4, 0.5) is 30.7 Å². The molecule has 0 spiro atoms. The Hall–Kier alpha value is -1.61. The molecule has 1 rings (SSSR count). The number of alkyl halides is 6. The van der Waals surface area contributed by atoms with Gasteiger partial charge in [0.1, 0.15) is 5.83 Å². The molecule has 0 atom stereocenters. The van der Waals surface area contributed by atoms with Gasteiger partial charge < -0.3 is 9.84 Å². The molecule has 0 aliphatic rings. The van der Waals surface area contributed by atoms with Crippen LogP contribution >= 0.6 is 0 Å². The fourth-order valence-corrected chi connectivity index (χ4v) is 2.56. The molecular weight excluding hydrogens is 381 g/mol. The molecule has 2 nitrogen and oxygen atoms in total. The van der Waals surface area contributed by atoms with Gasteiger partial charge in [-0.1, -0.05) is 49.2 Å². The largest absolute Gasteiger partial charge is 0.430 e. The predicted molar refractivity (Wildman–Crippen MR) is 85.5 cm³/mol. The van der Waals surface area contributed by atoms with Crippen molar-refractivity contribution in [2.45, 2.75) is 50.1 Å². The lowest BCUT2D eigenvalue weighted by molar-refractivity contribution is -0.389. The zero-order valence-electron chi connectivity index (χ0n) is 14.4. The van der Waals surface area contributed by atoms with Crippen molar-refractivity contribution in [3.63, 3.8) is 0 Å². The maximum atomic E-state index is 13.4. The lowest BCUT2D eigenvalue weighted by Crippen LogP contribution is -2.56. The summed E-state index contributed by atoms with van der Waals surface area (Å²) < 4.78 is 97.7. The van der Waals surface area contributed by atoms with Crippen LogP contribution in [0, 0.1) is 0 Å². The Morgan fingerprint density at radius 3 is 1.96 bits per heavy atom. The van der Waals surface area contributed by atoms with Gasteiger partial charge in [0.25, 0.3) is 5.60 Å². The smallest absolute Gasteiger partial charge is 0.389 e. The molecule has 0 aliphatic heterocycles. The molecule has 0 aliphatic carbocycles. The summed E-state index contributed by atoms with van der Waals surface area (Å²) >= 11 is 0. The lowest BCUT2D eigenvalue weighted by Gasteiger charge is -2.37. The molecule has 0 saturated carbocycles. The van der Waals surface area contributed by atoms with Gasteiger partial charge in [-0.25, -0.2) is 4.39 Å². The third kappa shape index (κ3) is 6.21. The van der Waals surface area contributed by atoms with E-state index in [0.29, 0.717) is 25.7 Å². The van der Waals surface area contributed by atoms with Crippen LogP contribution in [-0.4, -0.2) is 30.7 Å². The first kappa shape index (κ1) is 23.4. The number of halogens is 7. The molecule has 9 heteroatoms. The van der Waals surface area contributed by atoms with Gasteiger partial charge in [-0.3, -0.25) is 0 Å². The first-order valence-electron chi connectivity index (χ1n) is 8.34. The monoisotopic (exact) mass is 402 g/mol. The molecule has 1 aromatic rings. The van der Waals surface area contributed by atoms with Crippen molar-refractivity contribution >= 4 is 0 Å². The van der Waals surface area contributed by atoms with Gasteiger partial charge in [0, 0.05) is 12.2 Å². The Balaban J connectivity index is 2.72. The predicted octanol–water partition coefficient (Wildman–Crippen LogP) is 5.82. The summed E-state index contributed by atoms with van der Waals surface area (Å²) in [7, 11) is 0. The third-order valence-corrected chi connectivity index (χ3v) is 3.91. The fourth-order valence-electron chi connectivity index (χ4n) is 2.56. The average molecular weight is 402 g/mol. The van der Waals surface area contributed by atoms with Gasteiger partial charge in [0.05, 0.1) is 6.61 Å². The van der Waals surface area contributed by atoms with Crippen molar-refractivity contribution in [3.8, 4) is 0 Å². The molecule has 0 amide bonds. The zero-order chi connectivity index (χ0) is 20.6. The molecule has 0 heterocycles. The van der Waals surface area contributed by atoms with Crippen LogP contribution < -0.4 is 0 Å². The van der Waals surface area contributed by atoms with E-state index in [9.17, 15) is 30.7 Å².